The van der Waals surface area contributed by atoms with E-state index < -0.39 is 15.6 Å². The summed E-state index contributed by atoms with van der Waals surface area (Å²) < 4.78 is 27.8. The van der Waals surface area contributed by atoms with Crippen molar-refractivity contribution in [2.24, 2.45) is 5.73 Å². The highest BCUT2D eigenvalue weighted by molar-refractivity contribution is 7.89. The smallest absolute Gasteiger partial charge is 0.241 e. The average Bonchev–Trinajstić information content (AvgIpc) is 2.80. The van der Waals surface area contributed by atoms with Crippen LogP contribution in [0.4, 0.5) is 0 Å². The van der Waals surface area contributed by atoms with Crippen molar-refractivity contribution in [1.29, 1.82) is 0 Å². The number of hydrogen-bond donors (Lipinski definition) is 2. The molecule has 6 heteroatoms. The van der Waals surface area contributed by atoms with Gasteiger partial charge in [0.15, 0.2) is 0 Å². The van der Waals surface area contributed by atoms with Crippen molar-refractivity contribution in [3.63, 3.8) is 0 Å². The molecule has 4 nitrogen and oxygen atoms in total. The van der Waals surface area contributed by atoms with Crippen LogP contribution < -0.4 is 10.5 Å². The Labute approximate surface area is 119 Å². The SMILES string of the molecule is Cc1ccc(Cl)cc1S(=O)(=O)NC1(CN)CCCC1. The Bertz CT molecular complexity index is 566. The first-order valence-electron chi connectivity index (χ1n) is 6.39. The van der Waals surface area contributed by atoms with Crippen molar-refractivity contribution in [2.45, 2.75) is 43.0 Å². The van der Waals surface area contributed by atoms with Gasteiger partial charge in [-0.15, -0.1) is 0 Å². The van der Waals surface area contributed by atoms with Crippen LogP contribution in [0, 0.1) is 6.92 Å². The van der Waals surface area contributed by atoms with Crippen LogP contribution in [0.2, 0.25) is 5.02 Å². The molecule has 19 heavy (non-hydrogen) atoms. The van der Waals surface area contributed by atoms with Crippen molar-refractivity contribution in [3.8, 4) is 0 Å². The summed E-state index contributed by atoms with van der Waals surface area (Å²) in [5.41, 5.74) is 5.96. The molecule has 1 saturated carbocycles. The fourth-order valence-corrected chi connectivity index (χ4v) is 4.58. The molecule has 0 amide bonds. The summed E-state index contributed by atoms with van der Waals surface area (Å²) in [6, 6.07) is 4.88. The van der Waals surface area contributed by atoms with Gasteiger partial charge in [-0.2, -0.15) is 0 Å². The van der Waals surface area contributed by atoms with Gasteiger partial charge < -0.3 is 5.73 Å². The monoisotopic (exact) mass is 302 g/mol. The van der Waals surface area contributed by atoms with E-state index in [0.717, 1.165) is 25.7 Å². The van der Waals surface area contributed by atoms with Crippen molar-refractivity contribution in [2.75, 3.05) is 6.54 Å². The Morgan fingerprint density at radius 1 is 1.37 bits per heavy atom. The van der Waals surface area contributed by atoms with Crippen LogP contribution in [0.5, 0.6) is 0 Å². The van der Waals surface area contributed by atoms with E-state index in [1.807, 2.05) is 0 Å². The number of benzene rings is 1. The van der Waals surface area contributed by atoms with E-state index in [1.54, 1.807) is 19.1 Å². The molecule has 0 radical (unpaired) electrons. The summed E-state index contributed by atoms with van der Waals surface area (Å²) in [6.07, 6.45) is 3.60. The lowest BCUT2D eigenvalue weighted by molar-refractivity contribution is 0.399. The number of halogens is 1. The van der Waals surface area contributed by atoms with Gasteiger partial charge in [-0.1, -0.05) is 30.5 Å². The molecule has 106 valence electrons. The molecule has 3 N–H and O–H groups in total. The maximum atomic E-state index is 12.5. The van der Waals surface area contributed by atoms with E-state index in [4.69, 9.17) is 17.3 Å². The molecular formula is C13H19ClN2O2S. The molecule has 1 aromatic rings. The van der Waals surface area contributed by atoms with Crippen LogP contribution in [-0.2, 0) is 10.0 Å². The molecule has 1 aliphatic carbocycles. The number of rotatable bonds is 4. The van der Waals surface area contributed by atoms with E-state index in [9.17, 15) is 8.42 Å². The van der Waals surface area contributed by atoms with Crippen LogP contribution in [0.3, 0.4) is 0 Å². The maximum Gasteiger partial charge on any atom is 0.241 e. The first-order chi connectivity index (χ1) is 8.88. The fraction of sp³-hybridized carbons (Fsp3) is 0.538. The molecule has 1 fully saturated rings. The summed E-state index contributed by atoms with van der Waals surface area (Å²) in [7, 11) is -3.58. The van der Waals surface area contributed by atoms with Gasteiger partial charge in [0.05, 0.1) is 4.90 Å². The second-order valence-electron chi connectivity index (χ2n) is 5.21. The minimum absolute atomic E-state index is 0.236. The minimum atomic E-state index is -3.58. The van der Waals surface area contributed by atoms with Gasteiger partial charge in [0.1, 0.15) is 0 Å². The molecule has 0 spiro atoms. The van der Waals surface area contributed by atoms with Crippen LogP contribution in [0.25, 0.3) is 0 Å². The summed E-state index contributed by atoms with van der Waals surface area (Å²) in [6.45, 7) is 2.08. The zero-order valence-corrected chi connectivity index (χ0v) is 12.5. The molecule has 0 bridgehead atoms. The van der Waals surface area contributed by atoms with Gasteiger partial charge in [-0.05, 0) is 37.5 Å². The number of aryl methyl sites for hydroxylation is 1. The molecule has 0 aromatic heterocycles. The summed E-state index contributed by atoms with van der Waals surface area (Å²) in [4.78, 5) is 0.236. The molecule has 0 saturated heterocycles. The van der Waals surface area contributed by atoms with Gasteiger partial charge in [0, 0.05) is 17.1 Å². The highest BCUT2D eigenvalue weighted by Gasteiger charge is 2.37. The van der Waals surface area contributed by atoms with E-state index in [-0.39, 0.29) is 4.90 Å². The first kappa shape index (κ1) is 14.8. The molecule has 1 aromatic carbocycles. The number of nitrogens with one attached hydrogen (secondary N) is 1. The topological polar surface area (TPSA) is 72.2 Å². The summed E-state index contributed by atoms with van der Waals surface area (Å²) in [5, 5.41) is 0.416. The zero-order valence-electron chi connectivity index (χ0n) is 10.9. The van der Waals surface area contributed by atoms with Gasteiger partial charge in [-0.3, -0.25) is 0 Å². The second kappa shape index (κ2) is 5.40. The molecule has 1 aliphatic rings. The molecule has 0 atom stereocenters. The minimum Gasteiger partial charge on any atom is -0.329 e. The third-order valence-corrected chi connectivity index (χ3v) is 5.70. The predicted molar refractivity (Wildman–Crippen MR) is 76.8 cm³/mol. The van der Waals surface area contributed by atoms with Gasteiger partial charge in [-0.25, -0.2) is 13.1 Å². The number of hydrogen-bond acceptors (Lipinski definition) is 3. The third-order valence-electron chi connectivity index (χ3n) is 3.74. The van der Waals surface area contributed by atoms with Crippen molar-refractivity contribution in [1.82, 2.24) is 4.72 Å². The largest absolute Gasteiger partial charge is 0.329 e. The van der Waals surface area contributed by atoms with E-state index in [0.29, 0.717) is 17.1 Å². The second-order valence-corrected chi connectivity index (χ2v) is 7.29. The molecular weight excluding hydrogens is 284 g/mol. The van der Waals surface area contributed by atoms with Gasteiger partial charge in [0.2, 0.25) is 10.0 Å². The Kier molecular flexibility index (Phi) is 4.20. The Morgan fingerprint density at radius 2 is 2.00 bits per heavy atom. The lowest BCUT2D eigenvalue weighted by Crippen LogP contribution is -2.51. The quantitative estimate of drug-likeness (QED) is 0.895. The highest BCUT2D eigenvalue weighted by Crippen LogP contribution is 2.31. The van der Waals surface area contributed by atoms with E-state index in [2.05, 4.69) is 4.72 Å². The number of nitrogens with two attached hydrogens (primary N) is 1. The Hall–Kier alpha value is -0.620. The van der Waals surface area contributed by atoms with Crippen molar-refractivity contribution >= 4 is 21.6 Å². The highest BCUT2D eigenvalue weighted by atomic mass is 35.5. The van der Waals surface area contributed by atoms with Crippen molar-refractivity contribution < 1.29 is 8.42 Å². The number of sulfonamides is 1. The molecule has 0 heterocycles. The van der Waals surface area contributed by atoms with E-state index >= 15 is 0 Å². The van der Waals surface area contributed by atoms with Gasteiger partial charge in [0.25, 0.3) is 0 Å². The normalized spacial score (nSPS) is 18.7. The lowest BCUT2D eigenvalue weighted by Gasteiger charge is -2.28. The first-order valence-corrected chi connectivity index (χ1v) is 8.25. The Balaban J connectivity index is 2.34. The standard InChI is InChI=1S/C13H19ClN2O2S/c1-10-4-5-11(14)8-12(10)19(17,18)16-13(9-15)6-2-3-7-13/h4-5,8,16H,2-3,6-7,9,15H2,1H3. The van der Waals surface area contributed by atoms with Crippen LogP contribution in [0.15, 0.2) is 23.1 Å². The molecule has 2 rings (SSSR count). The Morgan fingerprint density at radius 3 is 2.58 bits per heavy atom. The molecule has 0 aliphatic heterocycles. The summed E-state index contributed by atoms with van der Waals surface area (Å²) >= 11 is 5.89. The van der Waals surface area contributed by atoms with Crippen molar-refractivity contribution in [3.05, 3.63) is 28.8 Å². The predicted octanol–water partition coefficient (Wildman–Crippen LogP) is 2.20. The van der Waals surface area contributed by atoms with Crippen LogP contribution >= 0.6 is 11.6 Å². The average molecular weight is 303 g/mol. The molecule has 0 unspecified atom stereocenters. The summed E-state index contributed by atoms with van der Waals surface area (Å²) in [5.74, 6) is 0. The third kappa shape index (κ3) is 3.11. The van der Waals surface area contributed by atoms with Crippen LogP contribution in [-0.4, -0.2) is 20.5 Å². The zero-order chi connectivity index (χ0) is 14.1. The van der Waals surface area contributed by atoms with E-state index in [1.165, 1.54) is 6.07 Å². The maximum absolute atomic E-state index is 12.5. The fourth-order valence-electron chi connectivity index (χ4n) is 2.60. The van der Waals surface area contributed by atoms with Crippen LogP contribution in [0.1, 0.15) is 31.2 Å². The lowest BCUT2D eigenvalue weighted by atomic mass is 10.0. The van der Waals surface area contributed by atoms with Gasteiger partial charge >= 0.3 is 0 Å².